The van der Waals surface area contributed by atoms with E-state index in [4.69, 9.17) is 0 Å². The molecule has 6 heteroatoms. The number of carbonyl (C=O) groups is 2. The predicted octanol–water partition coefficient (Wildman–Crippen LogP) is 0.145. The molecule has 17 heavy (non-hydrogen) atoms. The number of nitrogens with one attached hydrogen (secondary N) is 2. The SMILES string of the molecule is CCC(C)(C)NC(=O)CN1CCNCC1=O.Cl. The first-order chi connectivity index (χ1) is 7.44. The summed E-state index contributed by atoms with van der Waals surface area (Å²) in [6.45, 7) is 7.86. The molecule has 0 saturated carbocycles. The Bertz CT molecular complexity index is 282. The van der Waals surface area contributed by atoms with Crippen molar-refractivity contribution in [2.45, 2.75) is 32.7 Å². The maximum Gasteiger partial charge on any atom is 0.240 e. The molecule has 1 fully saturated rings. The van der Waals surface area contributed by atoms with Gasteiger partial charge < -0.3 is 15.5 Å². The van der Waals surface area contributed by atoms with Crippen LogP contribution in [0.1, 0.15) is 27.2 Å². The van der Waals surface area contributed by atoms with Gasteiger partial charge in [0.15, 0.2) is 0 Å². The van der Waals surface area contributed by atoms with Crippen LogP contribution in [0.15, 0.2) is 0 Å². The van der Waals surface area contributed by atoms with Crippen molar-refractivity contribution in [3.63, 3.8) is 0 Å². The zero-order chi connectivity index (χ0) is 12.2. The number of carbonyl (C=O) groups excluding carboxylic acids is 2. The monoisotopic (exact) mass is 263 g/mol. The summed E-state index contributed by atoms with van der Waals surface area (Å²) in [5.41, 5.74) is -0.200. The van der Waals surface area contributed by atoms with E-state index in [0.717, 1.165) is 13.0 Å². The van der Waals surface area contributed by atoms with E-state index in [1.807, 2.05) is 20.8 Å². The Labute approximate surface area is 109 Å². The summed E-state index contributed by atoms with van der Waals surface area (Å²) in [7, 11) is 0. The van der Waals surface area contributed by atoms with Gasteiger partial charge in [-0.25, -0.2) is 0 Å². The zero-order valence-corrected chi connectivity index (χ0v) is 11.5. The molecule has 0 aromatic carbocycles. The standard InChI is InChI=1S/C11H21N3O2.ClH/c1-4-11(2,3)13-9(15)8-14-6-5-12-7-10(14)16;/h12H,4-8H2,1-3H3,(H,13,15);1H. The fourth-order valence-corrected chi connectivity index (χ4v) is 1.49. The van der Waals surface area contributed by atoms with Crippen molar-refractivity contribution in [3.05, 3.63) is 0 Å². The number of hydrogen-bond acceptors (Lipinski definition) is 3. The van der Waals surface area contributed by atoms with Crippen molar-refractivity contribution >= 4 is 24.2 Å². The Balaban J connectivity index is 0.00000256. The van der Waals surface area contributed by atoms with E-state index in [9.17, 15) is 9.59 Å². The number of rotatable bonds is 4. The molecule has 2 amide bonds. The smallest absolute Gasteiger partial charge is 0.240 e. The van der Waals surface area contributed by atoms with Gasteiger partial charge in [0.05, 0.1) is 13.1 Å². The maximum atomic E-state index is 11.7. The van der Waals surface area contributed by atoms with E-state index in [2.05, 4.69) is 10.6 Å². The molecule has 1 aliphatic rings. The van der Waals surface area contributed by atoms with Crippen molar-refractivity contribution in [3.8, 4) is 0 Å². The van der Waals surface area contributed by atoms with Gasteiger partial charge in [0, 0.05) is 18.6 Å². The molecule has 0 aromatic heterocycles. The van der Waals surface area contributed by atoms with Crippen molar-refractivity contribution in [1.82, 2.24) is 15.5 Å². The third kappa shape index (κ3) is 5.37. The van der Waals surface area contributed by atoms with Gasteiger partial charge in [0.2, 0.25) is 11.8 Å². The molecule has 2 N–H and O–H groups in total. The summed E-state index contributed by atoms with van der Waals surface area (Å²) in [6.07, 6.45) is 0.869. The van der Waals surface area contributed by atoms with Crippen LogP contribution in [0.4, 0.5) is 0 Å². The van der Waals surface area contributed by atoms with Gasteiger partial charge in [0.1, 0.15) is 0 Å². The fraction of sp³-hybridized carbons (Fsp3) is 0.818. The van der Waals surface area contributed by atoms with E-state index in [0.29, 0.717) is 13.1 Å². The summed E-state index contributed by atoms with van der Waals surface area (Å²) in [5, 5.41) is 5.89. The lowest BCUT2D eigenvalue weighted by molar-refractivity contribution is -0.137. The number of amides is 2. The van der Waals surface area contributed by atoms with Gasteiger partial charge in [-0.15, -0.1) is 12.4 Å². The number of piperazine rings is 1. The first-order valence-electron chi connectivity index (χ1n) is 5.74. The highest BCUT2D eigenvalue weighted by Gasteiger charge is 2.23. The third-order valence-corrected chi connectivity index (χ3v) is 2.88. The van der Waals surface area contributed by atoms with E-state index in [-0.39, 0.29) is 36.3 Å². The summed E-state index contributed by atoms with van der Waals surface area (Å²) in [6, 6.07) is 0. The quantitative estimate of drug-likeness (QED) is 0.759. The normalized spacial score (nSPS) is 16.4. The summed E-state index contributed by atoms with van der Waals surface area (Å²) < 4.78 is 0. The van der Waals surface area contributed by atoms with Crippen molar-refractivity contribution in [2.75, 3.05) is 26.2 Å². The Morgan fingerprint density at radius 3 is 2.71 bits per heavy atom. The lowest BCUT2D eigenvalue weighted by Gasteiger charge is -2.29. The van der Waals surface area contributed by atoms with Crippen LogP contribution in [0, 0.1) is 0 Å². The van der Waals surface area contributed by atoms with Crippen LogP contribution >= 0.6 is 12.4 Å². The minimum Gasteiger partial charge on any atom is -0.350 e. The molecule has 1 heterocycles. The fourth-order valence-electron chi connectivity index (χ4n) is 1.49. The molecular formula is C11H22ClN3O2. The predicted molar refractivity (Wildman–Crippen MR) is 69.2 cm³/mol. The Hall–Kier alpha value is -0.810. The van der Waals surface area contributed by atoms with Crippen molar-refractivity contribution < 1.29 is 9.59 Å². The molecule has 0 aliphatic carbocycles. The first kappa shape index (κ1) is 16.2. The Morgan fingerprint density at radius 2 is 2.18 bits per heavy atom. The van der Waals surface area contributed by atoms with E-state index in [1.165, 1.54) is 0 Å². The van der Waals surface area contributed by atoms with Crippen LogP contribution in [-0.4, -0.2) is 48.4 Å². The second kappa shape index (κ2) is 6.81. The Morgan fingerprint density at radius 1 is 1.53 bits per heavy atom. The van der Waals surface area contributed by atoms with Crippen LogP contribution in [0.25, 0.3) is 0 Å². The van der Waals surface area contributed by atoms with E-state index >= 15 is 0 Å². The highest BCUT2D eigenvalue weighted by molar-refractivity contribution is 5.86. The molecule has 0 aromatic rings. The molecule has 1 aliphatic heterocycles. The minimum absolute atomic E-state index is 0. The molecule has 0 bridgehead atoms. The topological polar surface area (TPSA) is 61.4 Å². The van der Waals surface area contributed by atoms with Crippen LogP contribution in [0.2, 0.25) is 0 Å². The Kier molecular flexibility index (Phi) is 6.49. The van der Waals surface area contributed by atoms with Crippen LogP contribution < -0.4 is 10.6 Å². The molecule has 1 saturated heterocycles. The minimum atomic E-state index is -0.200. The summed E-state index contributed by atoms with van der Waals surface area (Å²) in [4.78, 5) is 24.7. The highest BCUT2D eigenvalue weighted by Crippen LogP contribution is 2.06. The molecule has 1 rings (SSSR count). The highest BCUT2D eigenvalue weighted by atomic mass is 35.5. The molecule has 100 valence electrons. The second-order valence-corrected chi connectivity index (χ2v) is 4.78. The maximum absolute atomic E-state index is 11.7. The summed E-state index contributed by atoms with van der Waals surface area (Å²) in [5.74, 6) is -0.0854. The first-order valence-corrected chi connectivity index (χ1v) is 5.74. The second-order valence-electron chi connectivity index (χ2n) is 4.78. The largest absolute Gasteiger partial charge is 0.350 e. The molecule has 0 atom stereocenters. The number of nitrogens with zero attached hydrogens (tertiary/aromatic N) is 1. The van der Waals surface area contributed by atoms with Gasteiger partial charge in [-0.3, -0.25) is 9.59 Å². The number of halogens is 1. The van der Waals surface area contributed by atoms with Gasteiger partial charge in [-0.1, -0.05) is 6.92 Å². The van der Waals surface area contributed by atoms with Crippen LogP contribution in [0.3, 0.4) is 0 Å². The molecular weight excluding hydrogens is 242 g/mol. The average Bonchev–Trinajstić information content (AvgIpc) is 2.21. The molecule has 0 spiro atoms. The van der Waals surface area contributed by atoms with E-state index in [1.54, 1.807) is 4.90 Å². The lowest BCUT2D eigenvalue weighted by atomic mass is 10.0. The zero-order valence-electron chi connectivity index (χ0n) is 10.7. The van der Waals surface area contributed by atoms with Gasteiger partial charge in [-0.05, 0) is 20.3 Å². The van der Waals surface area contributed by atoms with E-state index < -0.39 is 0 Å². The van der Waals surface area contributed by atoms with Crippen molar-refractivity contribution in [1.29, 1.82) is 0 Å². The van der Waals surface area contributed by atoms with Gasteiger partial charge in [0.25, 0.3) is 0 Å². The number of hydrogen-bond donors (Lipinski definition) is 2. The third-order valence-electron chi connectivity index (χ3n) is 2.88. The van der Waals surface area contributed by atoms with Crippen LogP contribution in [0.5, 0.6) is 0 Å². The lowest BCUT2D eigenvalue weighted by Crippen LogP contribution is -2.53. The van der Waals surface area contributed by atoms with Gasteiger partial charge >= 0.3 is 0 Å². The molecule has 0 unspecified atom stereocenters. The van der Waals surface area contributed by atoms with Gasteiger partial charge in [-0.2, -0.15) is 0 Å². The molecule has 0 radical (unpaired) electrons. The average molecular weight is 264 g/mol. The summed E-state index contributed by atoms with van der Waals surface area (Å²) >= 11 is 0. The van der Waals surface area contributed by atoms with Crippen molar-refractivity contribution in [2.24, 2.45) is 0 Å². The molecule has 5 nitrogen and oxygen atoms in total. The van der Waals surface area contributed by atoms with Crippen LogP contribution in [-0.2, 0) is 9.59 Å².